The fraction of sp³-hybridized carbons (Fsp3) is 0.714. The van der Waals surface area contributed by atoms with Crippen LogP contribution in [0.1, 0.15) is 45.6 Å². The molecule has 1 heterocycles. The second kappa shape index (κ2) is 6.82. The van der Waals surface area contributed by atoms with E-state index in [0.717, 1.165) is 18.7 Å². The predicted octanol–water partition coefficient (Wildman–Crippen LogP) is 1.79. The Kier molecular flexibility index (Phi) is 5.69. The van der Waals surface area contributed by atoms with Crippen molar-refractivity contribution in [2.45, 2.75) is 46.3 Å². The van der Waals surface area contributed by atoms with Gasteiger partial charge in [0, 0.05) is 19.7 Å². The number of ether oxygens (including phenoxy) is 1. The second-order valence-electron chi connectivity index (χ2n) is 5.40. The van der Waals surface area contributed by atoms with E-state index < -0.39 is 5.60 Å². The first-order chi connectivity index (χ1) is 8.91. The third kappa shape index (κ3) is 4.44. The molecule has 0 amide bonds. The summed E-state index contributed by atoms with van der Waals surface area (Å²) < 4.78 is 5.47. The molecule has 1 rings (SSSR count). The molecule has 5 nitrogen and oxygen atoms in total. The Labute approximate surface area is 114 Å². The average molecular weight is 267 g/mol. The number of methoxy groups -OCH3 is 1. The lowest BCUT2D eigenvalue weighted by atomic mass is 10.0. The van der Waals surface area contributed by atoms with Gasteiger partial charge in [-0.25, -0.2) is 4.98 Å². The molecule has 0 radical (unpaired) electrons. The van der Waals surface area contributed by atoms with Crippen LogP contribution >= 0.6 is 0 Å². The molecule has 0 saturated carbocycles. The third-order valence-electron chi connectivity index (χ3n) is 3.28. The topological polar surface area (TPSA) is 67.0 Å². The summed E-state index contributed by atoms with van der Waals surface area (Å²) in [5.74, 6) is 1.16. The SMILES string of the molecule is CCC(C)(OC)c1nc(CNCC(C)C)cc(=O)[nH]1. The number of nitrogens with one attached hydrogen (secondary N) is 2. The van der Waals surface area contributed by atoms with Crippen molar-refractivity contribution < 1.29 is 4.74 Å². The van der Waals surface area contributed by atoms with Crippen molar-refractivity contribution in [2.24, 2.45) is 5.92 Å². The number of hydrogen-bond donors (Lipinski definition) is 2. The largest absolute Gasteiger partial charge is 0.371 e. The van der Waals surface area contributed by atoms with Crippen molar-refractivity contribution in [3.63, 3.8) is 0 Å². The fourth-order valence-electron chi connectivity index (χ4n) is 1.75. The van der Waals surface area contributed by atoms with Crippen molar-refractivity contribution in [1.29, 1.82) is 0 Å². The summed E-state index contributed by atoms with van der Waals surface area (Å²) >= 11 is 0. The van der Waals surface area contributed by atoms with Gasteiger partial charge in [0.1, 0.15) is 11.4 Å². The second-order valence-corrected chi connectivity index (χ2v) is 5.40. The first kappa shape index (κ1) is 15.9. The molecule has 0 bridgehead atoms. The maximum absolute atomic E-state index is 11.7. The predicted molar refractivity (Wildman–Crippen MR) is 76.1 cm³/mol. The molecule has 5 heteroatoms. The molecule has 19 heavy (non-hydrogen) atoms. The lowest BCUT2D eigenvalue weighted by Gasteiger charge is -2.25. The highest BCUT2D eigenvalue weighted by atomic mass is 16.5. The van der Waals surface area contributed by atoms with Gasteiger partial charge in [0.15, 0.2) is 0 Å². The molecule has 0 aliphatic heterocycles. The molecule has 0 aliphatic carbocycles. The molecule has 1 unspecified atom stereocenters. The molecule has 0 aliphatic rings. The Hall–Kier alpha value is -1.20. The van der Waals surface area contributed by atoms with Crippen LogP contribution < -0.4 is 10.9 Å². The van der Waals surface area contributed by atoms with E-state index in [2.05, 4.69) is 29.1 Å². The third-order valence-corrected chi connectivity index (χ3v) is 3.28. The van der Waals surface area contributed by atoms with Crippen LogP contribution in [0.5, 0.6) is 0 Å². The van der Waals surface area contributed by atoms with Crippen LogP contribution in [0.3, 0.4) is 0 Å². The van der Waals surface area contributed by atoms with E-state index in [4.69, 9.17) is 4.74 Å². The van der Waals surface area contributed by atoms with Crippen molar-refractivity contribution in [3.05, 3.63) is 27.9 Å². The minimum Gasteiger partial charge on any atom is -0.371 e. The quantitative estimate of drug-likeness (QED) is 0.790. The molecule has 0 aromatic carbocycles. The number of aromatic amines is 1. The van der Waals surface area contributed by atoms with E-state index in [0.29, 0.717) is 18.3 Å². The van der Waals surface area contributed by atoms with Crippen LogP contribution in [-0.4, -0.2) is 23.6 Å². The van der Waals surface area contributed by atoms with Crippen LogP contribution in [0.4, 0.5) is 0 Å². The minimum atomic E-state index is -0.548. The average Bonchev–Trinajstić information content (AvgIpc) is 2.36. The Bertz CT molecular complexity index is 450. The molecule has 0 saturated heterocycles. The first-order valence-corrected chi connectivity index (χ1v) is 6.78. The highest BCUT2D eigenvalue weighted by Gasteiger charge is 2.27. The van der Waals surface area contributed by atoms with Gasteiger partial charge in [-0.15, -0.1) is 0 Å². The summed E-state index contributed by atoms with van der Waals surface area (Å²) in [5.41, 5.74) is 0.0620. The van der Waals surface area contributed by atoms with E-state index in [9.17, 15) is 4.79 Å². The minimum absolute atomic E-state index is 0.136. The zero-order chi connectivity index (χ0) is 14.5. The van der Waals surface area contributed by atoms with E-state index >= 15 is 0 Å². The van der Waals surface area contributed by atoms with E-state index in [1.54, 1.807) is 7.11 Å². The summed E-state index contributed by atoms with van der Waals surface area (Å²) in [4.78, 5) is 19.0. The highest BCUT2D eigenvalue weighted by Crippen LogP contribution is 2.24. The zero-order valence-electron chi connectivity index (χ0n) is 12.5. The van der Waals surface area contributed by atoms with Crippen LogP contribution in [0.25, 0.3) is 0 Å². The fourth-order valence-corrected chi connectivity index (χ4v) is 1.75. The molecule has 1 aromatic rings. The lowest BCUT2D eigenvalue weighted by molar-refractivity contribution is -0.00937. The zero-order valence-corrected chi connectivity index (χ0v) is 12.5. The monoisotopic (exact) mass is 267 g/mol. The molecular weight excluding hydrogens is 242 g/mol. The van der Waals surface area contributed by atoms with E-state index in [1.807, 2.05) is 13.8 Å². The molecule has 0 fully saturated rings. The summed E-state index contributed by atoms with van der Waals surface area (Å²) in [6, 6.07) is 1.53. The van der Waals surface area contributed by atoms with Gasteiger partial charge in [-0.3, -0.25) is 4.79 Å². The first-order valence-electron chi connectivity index (χ1n) is 6.78. The van der Waals surface area contributed by atoms with Crippen LogP contribution in [0, 0.1) is 5.92 Å². The summed E-state index contributed by atoms with van der Waals surface area (Å²) in [5, 5.41) is 3.29. The van der Waals surface area contributed by atoms with Crippen molar-refractivity contribution >= 4 is 0 Å². The van der Waals surface area contributed by atoms with E-state index in [1.165, 1.54) is 6.07 Å². The Morgan fingerprint density at radius 2 is 2.21 bits per heavy atom. The van der Waals surface area contributed by atoms with Gasteiger partial charge in [0.2, 0.25) is 0 Å². The van der Waals surface area contributed by atoms with Gasteiger partial charge >= 0.3 is 0 Å². The number of hydrogen-bond acceptors (Lipinski definition) is 4. The van der Waals surface area contributed by atoms with E-state index in [-0.39, 0.29) is 5.56 Å². The summed E-state index contributed by atoms with van der Waals surface area (Å²) in [6.07, 6.45) is 0.745. The number of aromatic nitrogens is 2. The van der Waals surface area contributed by atoms with Crippen LogP contribution in [0.15, 0.2) is 10.9 Å². The van der Waals surface area contributed by atoms with Crippen molar-refractivity contribution in [3.8, 4) is 0 Å². The molecular formula is C14H25N3O2. The Morgan fingerprint density at radius 1 is 1.53 bits per heavy atom. The maximum Gasteiger partial charge on any atom is 0.251 e. The number of H-pyrrole nitrogens is 1. The van der Waals surface area contributed by atoms with Gasteiger partial charge < -0.3 is 15.0 Å². The van der Waals surface area contributed by atoms with Gasteiger partial charge in [0.05, 0.1) is 5.69 Å². The standard InChI is InChI=1S/C14H25N3O2/c1-6-14(4,19-5)13-16-11(7-12(18)17-13)9-15-8-10(2)3/h7,10,15H,6,8-9H2,1-5H3,(H,16,17,18). The normalized spacial score (nSPS) is 14.6. The summed E-state index contributed by atoms with van der Waals surface area (Å²) in [6.45, 7) is 9.72. The molecule has 1 aromatic heterocycles. The number of nitrogens with zero attached hydrogens (tertiary/aromatic N) is 1. The smallest absolute Gasteiger partial charge is 0.251 e. The molecule has 108 valence electrons. The Balaban J connectivity index is 2.91. The van der Waals surface area contributed by atoms with Crippen LogP contribution in [-0.2, 0) is 16.9 Å². The van der Waals surface area contributed by atoms with Crippen molar-refractivity contribution in [2.75, 3.05) is 13.7 Å². The maximum atomic E-state index is 11.7. The summed E-state index contributed by atoms with van der Waals surface area (Å²) in [7, 11) is 1.63. The molecule has 0 spiro atoms. The van der Waals surface area contributed by atoms with Crippen molar-refractivity contribution in [1.82, 2.24) is 15.3 Å². The van der Waals surface area contributed by atoms with Gasteiger partial charge in [-0.2, -0.15) is 0 Å². The molecule has 2 N–H and O–H groups in total. The van der Waals surface area contributed by atoms with Crippen LogP contribution in [0.2, 0.25) is 0 Å². The van der Waals surface area contributed by atoms with Gasteiger partial charge in [0.25, 0.3) is 5.56 Å². The number of rotatable bonds is 7. The Morgan fingerprint density at radius 3 is 2.74 bits per heavy atom. The highest BCUT2D eigenvalue weighted by molar-refractivity contribution is 5.08. The lowest BCUT2D eigenvalue weighted by Crippen LogP contribution is -2.30. The molecule has 1 atom stereocenters. The van der Waals surface area contributed by atoms with Gasteiger partial charge in [-0.05, 0) is 25.8 Å². The van der Waals surface area contributed by atoms with Gasteiger partial charge in [-0.1, -0.05) is 20.8 Å².